The Kier molecular flexibility index (Phi) is 4.42. The molecule has 2 rings (SSSR count). The number of nitro groups is 1. The molecule has 0 atom stereocenters. The molecule has 7 nitrogen and oxygen atoms in total. The van der Waals surface area contributed by atoms with Gasteiger partial charge in [-0.05, 0) is 19.9 Å². The van der Waals surface area contributed by atoms with Gasteiger partial charge in [0, 0.05) is 42.7 Å². The van der Waals surface area contributed by atoms with E-state index in [1.807, 2.05) is 14.0 Å². The molecule has 1 N–H and O–H groups in total. The second-order valence-corrected chi connectivity index (χ2v) is 4.61. The Morgan fingerprint density at radius 2 is 2.24 bits per heavy atom. The normalized spacial score (nSPS) is 10.4. The highest BCUT2D eigenvalue weighted by molar-refractivity contribution is 5.58. The zero-order valence-corrected chi connectivity index (χ0v) is 12.3. The molecule has 112 valence electrons. The molecule has 1 aromatic heterocycles. The van der Waals surface area contributed by atoms with Crippen molar-refractivity contribution in [3.63, 3.8) is 0 Å². The maximum Gasteiger partial charge on any atom is 0.311 e. The van der Waals surface area contributed by atoms with E-state index in [-0.39, 0.29) is 11.4 Å². The van der Waals surface area contributed by atoms with E-state index in [2.05, 4.69) is 10.4 Å². The van der Waals surface area contributed by atoms with Gasteiger partial charge in [0.25, 0.3) is 0 Å². The molecule has 0 fully saturated rings. The highest BCUT2D eigenvalue weighted by atomic mass is 16.6. The number of nitro benzene ring substituents is 1. The number of rotatable bonds is 6. The lowest BCUT2D eigenvalue weighted by molar-refractivity contribution is -0.385. The number of anilines is 1. The van der Waals surface area contributed by atoms with Gasteiger partial charge in [0.05, 0.1) is 17.7 Å². The van der Waals surface area contributed by atoms with Crippen molar-refractivity contribution in [2.45, 2.75) is 20.4 Å². The van der Waals surface area contributed by atoms with Gasteiger partial charge in [-0.1, -0.05) is 0 Å². The fraction of sp³-hybridized carbons (Fsp3) is 0.357. The van der Waals surface area contributed by atoms with Gasteiger partial charge in [0.1, 0.15) is 0 Å². The van der Waals surface area contributed by atoms with Crippen LogP contribution >= 0.6 is 0 Å². The van der Waals surface area contributed by atoms with Crippen molar-refractivity contribution < 1.29 is 9.66 Å². The summed E-state index contributed by atoms with van der Waals surface area (Å²) in [5, 5.41) is 18.3. The summed E-state index contributed by atoms with van der Waals surface area (Å²) in [5.41, 5.74) is 2.90. The van der Waals surface area contributed by atoms with Crippen LogP contribution in [0.1, 0.15) is 18.2 Å². The molecular formula is C14H18N4O3. The average Bonchev–Trinajstić information content (AvgIpc) is 2.77. The molecule has 7 heteroatoms. The zero-order chi connectivity index (χ0) is 15.4. The molecule has 0 spiro atoms. The Bertz CT molecular complexity index is 652. The molecule has 0 unspecified atom stereocenters. The number of hydrogen-bond acceptors (Lipinski definition) is 5. The van der Waals surface area contributed by atoms with Gasteiger partial charge in [-0.15, -0.1) is 0 Å². The lowest BCUT2D eigenvalue weighted by atomic mass is 10.2. The maximum absolute atomic E-state index is 10.9. The van der Waals surface area contributed by atoms with Crippen molar-refractivity contribution in [1.29, 1.82) is 0 Å². The Morgan fingerprint density at radius 3 is 2.81 bits per heavy atom. The van der Waals surface area contributed by atoms with Crippen LogP contribution in [-0.2, 0) is 13.6 Å². The third-order valence-electron chi connectivity index (χ3n) is 3.28. The Hall–Kier alpha value is -2.57. The van der Waals surface area contributed by atoms with E-state index >= 15 is 0 Å². The van der Waals surface area contributed by atoms with Gasteiger partial charge in [-0.3, -0.25) is 14.8 Å². The van der Waals surface area contributed by atoms with Crippen LogP contribution in [0.2, 0.25) is 0 Å². The standard InChI is InChI=1S/C14H18N4O3/c1-4-21-14-7-12(5-6-13(14)18(19)20)15-8-11-9-16-17(3)10(11)2/h5-7,9,15H,4,8H2,1-3H3. The largest absolute Gasteiger partial charge is 0.487 e. The van der Waals surface area contributed by atoms with Crippen LogP contribution in [0.3, 0.4) is 0 Å². The summed E-state index contributed by atoms with van der Waals surface area (Å²) in [7, 11) is 1.89. The Labute approximate surface area is 122 Å². The minimum atomic E-state index is -0.444. The SMILES string of the molecule is CCOc1cc(NCc2cnn(C)c2C)ccc1[N+](=O)[O-]. The lowest BCUT2D eigenvalue weighted by Crippen LogP contribution is -2.03. The second kappa shape index (κ2) is 6.25. The van der Waals surface area contributed by atoms with Crippen molar-refractivity contribution in [3.8, 4) is 5.75 Å². The van der Waals surface area contributed by atoms with E-state index in [1.54, 1.807) is 29.9 Å². The third kappa shape index (κ3) is 3.31. The lowest BCUT2D eigenvalue weighted by Gasteiger charge is -2.09. The molecule has 0 saturated heterocycles. The monoisotopic (exact) mass is 290 g/mol. The molecule has 0 aliphatic heterocycles. The molecule has 1 aromatic carbocycles. The number of nitrogens with zero attached hydrogens (tertiary/aromatic N) is 3. The first-order chi connectivity index (χ1) is 10.0. The number of ether oxygens (including phenoxy) is 1. The highest BCUT2D eigenvalue weighted by Crippen LogP contribution is 2.30. The predicted octanol–water partition coefficient (Wildman–Crippen LogP) is 2.65. The Morgan fingerprint density at radius 1 is 1.48 bits per heavy atom. The van der Waals surface area contributed by atoms with Crippen LogP contribution in [0.4, 0.5) is 11.4 Å². The molecular weight excluding hydrogens is 272 g/mol. The summed E-state index contributed by atoms with van der Waals surface area (Å²) in [4.78, 5) is 10.5. The first-order valence-corrected chi connectivity index (χ1v) is 6.65. The molecule has 0 aliphatic rings. The van der Waals surface area contributed by atoms with E-state index in [9.17, 15) is 10.1 Å². The van der Waals surface area contributed by atoms with E-state index in [0.717, 1.165) is 16.9 Å². The molecule has 2 aromatic rings. The van der Waals surface area contributed by atoms with Crippen molar-refractivity contribution >= 4 is 11.4 Å². The predicted molar refractivity (Wildman–Crippen MR) is 79.5 cm³/mol. The van der Waals surface area contributed by atoms with Crippen molar-refractivity contribution in [3.05, 3.63) is 45.8 Å². The zero-order valence-electron chi connectivity index (χ0n) is 12.3. The van der Waals surface area contributed by atoms with Gasteiger partial charge in [0.15, 0.2) is 5.75 Å². The molecule has 0 saturated carbocycles. The molecule has 0 aliphatic carbocycles. The van der Waals surface area contributed by atoms with Crippen molar-refractivity contribution in [2.75, 3.05) is 11.9 Å². The average molecular weight is 290 g/mol. The maximum atomic E-state index is 10.9. The van der Waals surface area contributed by atoms with Crippen molar-refractivity contribution in [2.24, 2.45) is 7.05 Å². The van der Waals surface area contributed by atoms with Crippen LogP contribution in [0.15, 0.2) is 24.4 Å². The number of nitrogens with one attached hydrogen (secondary N) is 1. The highest BCUT2D eigenvalue weighted by Gasteiger charge is 2.15. The van der Waals surface area contributed by atoms with Gasteiger partial charge in [0.2, 0.25) is 0 Å². The van der Waals surface area contributed by atoms with Gasteiger partial charge in [-0.2, -0.15) is 5.10 Å². The summed E-state index contributed by atoms with van der Waals surface area (Å²) >= 11 is 0. The number of aromatic nitrogens is 2. The first-order valence-electron chi connectivity index (χ1n) is 6.65. The van der Waals surface area contributed by atoms with E-state index in [4.69, 9.17) is 4.74 Å². The van der Waals surface area contributed by atoms with Crippen LogP contribution in [-0.4, -0.2) is 21.3 Å². The van der Waals surface area contributed by atoms with E-state index in [0.29, 0.717) is 13.2 Å². The van der Waals surface area contributed by atoms with Crippen LogP contribution in [0.5, 0.6) is 5.75 Å². The fourth-order valence-electron chi connectivity index (χ4n) is 1.96. The van der Waals surface area contributed by atoms with E-state index in [1.165, 1.54) is 6.07 Å². The molecule has 21 heavy (non-hydrogen) atoms. The number of benzene rings is 1. The Balaban J connectivity index is 2.15. The van der Waals surface area contributed by atoms with Crippen molar-refractivity contribution in [1.82, 2.24) is 9.78 Å². The van der Waals surface area contributed by atoms with Gasteiger partial charge < -0.3 is 10.1 Å². The molecule has 0 bridgehead atoms. The number of aryl methyl sites for hydroxylation is 1. The molecule has 0 amide bonds. The summed E-state index contributed by atoms with van der Waals surface area (Å²) in [6, 6.07) is 4.77. The van der Waals surface area contributed by atoms with Crippen LogP contribution < -0.4 is 10.1 Å². The topological polar surface area (TPSA) is 82.2 Å². The van der Waals surface area contributed by atoms with Gasteiger partial charge >= 0.3 is 5.69 Å². The summed E-state index contributed by atoms with van der Waals surface area (Å²) < 4.78 is 7.12. The summed E-state index contributed by atoms with van der Waals surface area (Å²) in [6.45, 7) is 4.77. The van der Waals surface area contributed by atoms with Gasteiger partial charge in [-0.25, -0.2) is 0 Å². The second-order valence-electron chi connectivity index (χ2n) is 4.61. The third-order valence-corrected chi connectivity index (χ3v) is 3.28. The quantitative estimate of drug-likeness (QED) is 0.653. The smallest absolute Gasteiger partial charge is 0.311 e. The molecule has 1 heterocycles. The minimum absolute atomic E-state index is 0.0278. The fourth-order valence-corrected chi connectivity index (χ4v) is 1.96. The summed E-state index contributed by atoms with van der Waals surface area (Å²) in [5.74, 6) is 0.274. The van der Waals surface area contributed by atoms with Crippen LogP contribution in [0.25, 0.3) is 0 Å². The van der Waals surface area contributed by atoms with Crippen LogP contribution in [0, 0.1) is 17.0 Å². The first kappa shape index (κ1) is 14.8. The molecule has 0 radical (unpaired) electrons. The number of hydrogen-bond donors (Lipinski definition) is 1. The summed E-state index contributed by atoms with van der Waals surface area (Å²) in [6.07, 6.45) is 1.80. The minimum Gasteiger partial charge on any atom is -0.487 e. The van der Waals surface area contributed by atoms with E-state index < -0.39 is 4.92 Å².